The van der Waals surface area contributed by atoms with E-state index in [2.05, 4.69) is 5.10 Å². The van der Waals surface area contributed by atoms with E-state index >= 15 is 0 Å². The van der Waals surface area contributed by atoms with Crippen LogP contribution in [0.3, 0.4) is 0 Å². The first-order chi connectivity index (χ1) is 7.46. The quantitative estimate of drug-likeness (QED) is 0.868. The number of hydrogen-bond donors (Lipinski definition) is 1. The summed E-state index contributed by atoms with van der Waals surface area (Å²) in [4.78, 5) is 0. The molecule has 1 rings (SSSR count). The number of ether oxygens (including phenoxy) is 1. The number of rotatable bonds is 5. The number of nitrogens with zero attached hydrogens (tertiary/aromatic N) is 2. The van der Waals surface area contributed by atoms with Crippen molar-refractivity contribution < 1.29 is 9.84 Å². The molecule has 5 heteroatoms. The average Bonchev–Trinajstić information content (AvgIpc) is 2.61. The van der Waals surface area contributed by atoms with E-state index in [0.717, 1.165) is 0 Å². The summed E-state index contributed by atoms with van der Waals surface area (Å²) in [6.07, 6.45) is 2.09. The van der Waals surface area contributed by atoms with E-state index in [0.29, 0.717) is 17.1 Å². The van der Waals surface area contributed by atoms with Gasteiger partial charge in [-0.15, -0.1) is 0 Å². The summed E-state index contributed by atoms with van der Waals surface area (Å²) >= 11 is 6.09. The summed E-state index contributed by atoms with van der Waals surface area (Å²) in [6, 6.07) is 0.150. The Morgan fingerprint density at radius 2 is 2.25 bits per heavy atom. The molecule has 0 saturated carbocycles. The summed E-state index contributed by atoms with van der Waals surface area (Å²) in [7, 11) is 1.56. The van der Waals surface area contributed by atoms with Crippen molar-refractivity contribution in [2.75, 3.05) is 13.7 Å². The Kier molecular flexibility index (Phi) is 4.35. The molecule has 1 aromatic rings. The Morgan fingerprint density at radius 1 is 1.62 bits per heavy atom. The molecule has 0 aromatic carbocycles. The van der Waals surface area contributed by atoms with Crippen molar-refractivity contribution in [1.29, 1.82) is 0 Å². The van der Waals surface area contributed by atoms with Crippen molar-refractivity contribution in [3.05, 3.63) is 16.9 Å². The smallest absolute Gasteiger partial charge is 0.131 e. The van der Waals surface area contributed by atoms with Crippen LogP contribution >= 0.6 is 11.6 Å². The second-order valence-corrected chi connectivity index (χ2v) is 4.60. The lowest BCUT2D eigenvalue weighted by Crippen LogP contribution is -2.34. The van der Waals surface area contributed by atoms with Gasteiger partial charge >= 0.3 is 0 Å². The highest BCUT2D eigenvalue weighted by Crippen LogP contribution is 2.32. The maximum absolute atomic E-state index is 10.5. The van der Waals surface area contributed by atoms with Crippen molar-refractivity contribution in [1.82, 2.24) is 9.78 Å². The molecule has 0 bridgehead atoms. The second-order valence-electron chi connectivity index (χ2n) is 4.20. The van der Waals surface area contributed by atoms with Gasteiger partial charge in [0.1, 0.15) is 5.60 Å². The SMILES string of the molecule is CCC(O)(COC)c1c(Cl)cnn1C(C)C. The number of aliphatic hydroxyl groups is 1. The molecule has 0 fully saturated rings. The maximum Gasteiger partial charge on any atom is 0.131 e. The third-order valence-electron chi connectivity index (χ3n) is 2.65. The van der Waals surface area contributed by atoms with Crippen LogP contribution in [-0.2, 0) is 10.3 Å². The van der Waals surface area contributed by atoms with Gasteiger partial charge in [0.05, 0.1) is 23.5 Å². The topological polar surface area (TPSA) is 47.3 Å². The Hall–Kier alpha value is -0.580. The molecular weight excluding hydrogens is 228 g/mol. The van der Waals surface area contributed by atoms with Gasteiger partial charge in [-0.25, -0.2) is 0 Å². The minimum Gasteiger partial charge on any atom is -0.381 e. The van der Waals surface area contributed by atoms with Gasteiger partial charge in [-0.2, -0.15) is 5.10 Å². The molecule has 0 aliphatic carbocycles. The van der Waals surface area contributed by atoms with Gasteiger partial charge in [0, 0.05) is 13.2 Å². The summed E-state index contributed by atoms with van der Waals surface area (Å²) < 4.78 is 6.80. The fraction of sp³-hybridized carbons (Fsp3) is 0.727. The fourth-order valence-electron chi connectivity index (χ4n) is 1.74. The summed E-state index contributed by atoms with van der Waals surface area (Å²) in [5, 5.41) is 15.2. The lowest BCUT2D eigenvalue weighted by molar-refractivity contribution is -0.0454. The number of halogens is 1. The molecule has 0 amide bonds. The van der Waals surface area contributed by atoms with Crippen molar-refractivity contribution in [3.8, 4) is 0 Å². The van der Waals surface area contributed by atoms with Crippen LogP contribution in [0.4, 0.5) is 0 Å². The largest absolute Gasteiger partial charge is 0.381 e. The van der Waals surface area contributed by atoms with Gasteiger partial charge in [0.2, 0.25) is 0 Å². The molecule has 0 saturated heterocycles. The molecule has 0 aliphatic heterocycles. The molecule has 1 heterocycles. The van der Waals surface area contributed by atoms with E-state index in [4.69, 9.17) is 16.3 Å². The van der Waals surface area contributed by atoms with E-state index in [1.165, 1.54) is 0 Å². The van der Waals surface area contributed by atoms with Crippen LogP contribution in [-0.4, -0.2) is 28.6 Å². The fourth-order valence-corrected chi connectivity index (χ4v) is 2.05. The zero-order valence-electron chi connectivity index (χ0n) is 10.2. The van der Waals surface area contributed by atoms with Crippen molar-refractivity contribution >= 4 is 11.6 Å². The molecular formula is C11H19ClN2O2. The van der Waals surface area contributed by atoms with E-state index in [9.17, 15) is 5.11 Å². The van der Waals surface area contributed by atoms with Gasteiger partial charge in [0.25, 0.3) is 0 Å². The third kappa shape index (κ3) is 2.39. The normalized spacial score (nSPS) is 15.4. The lowest BCUT2D eigenvalue weighted by atomic mass is 9.97. The van der Waals surface area contributed by atoms with Gasteiger partial charge < -0.3 is 9.84 Å². The first kappa shape index (κ1) is 13.5. The average molecular weight is 247 g/mol. The Bertz CT molecular complexity index is 352. The van der Waals surface area contributed by atoms with Crippen molar-refractivity contribution in [2.45, 2.75) is 38.8 Å². The second kappa shape index (κ2) is 5.17. The zero-order chi connectivity index (χ0) is 12.3. The minimum atomic E-state index is -1.08. The maximum atomic E-state index is 10.5. The van der Waals surface area contributed by atoms with Gasteiger partial charge in [-0.3, -0.25) is 4.68 Å². The standard InChI is InChI=1S/C11H19ClN2O2/c1-5-11(15,7-16-4)10-9(12)6-13-14(10)8(2)3/h6,8,15H,5,7H2,1-4H3. The molecule has 1 unspecified atom stereocenters. The molecule has 1 aromatic heterocycles. The van der Waals surface area contributed by atoms with Gasteiger partial charge in [-0.05, 0) is 20.3 Å². The molecule has 4 nitrogen and oxygen atoms in total. The third-order valence-corrected chi connectivity index (χ3v) is 2.93. The van der Waals surface area contributed by atoms with E-state index in [1.807, 2.05) is 20.8 Å². The van der Waals surface area contributed by atoms with Crippen LogP contribution in [0, 0.1) is 0 Å². The molecule has 0 spiro atoms. The Morgan fingerprint density at radius 3 is 2.69 bits per heavy atom. The summed E-state index contributed by atoms with van der Waals surface area (Å²) in [5.74, 6) is 0. The van der Waals surface area contributed by atoms with E-state index in [1.54, 1.807) is 18.0 Å². The molecule has 1 N–H and O–H groups in total. The van der Waals surface area contributed by atoms with Crippen molar-refractivity contribution in [3.63, 3.8) is 0 Å². The number of hydrogen-bond acceptors (Lipinski definition) is 3. The minimum absolute atomic E-state index is 0.150. The van der Waals surface area contributed by atoms with Crippen LogP contribution in [0.1, 0.15) is 38.9 Å². The predicted molar refractivity (Wildman–Crippen MR) is 63.7 cm³/mol. The van der Waals surface area contributed by atoms with Crippen molar-refractivity contribution in [2.24, 2.45) is 0 Å². The van der Waals surface area contributed by atoms with Crippen LogP contribution in [0.2, 0.25) is 5.02 Å². The summed E-state index contributed by atoms with van der Waals surface area (Å²) in [6.45, 7) is 6.10. The molecule has 0 aliphatic rings. The highest BCUT2D eigenvalue weighted by molar-refractivity contribution is 6.31. The monoisotopic (exact) mass is 246 g/mol. The molecule has 1 atom stereocenters. The zero-order valence-corrected chi connectivity index (χ0v) is 11.0. The van der Waals surface area contributed by atoms with Crippen LogP contribution in [0.15, 0.2) is 6.20 Å². The van der Waals surface area contributed by atoms with E-state index < -0.39 is 5.60 Å². The van der Waals surface area contributed by atoms with E-state index in [-0.39, 0.29) is 12.6 Å². The number of methoxy groups -OCH3 is 1. The first-order valence-electron chi connectivity index (χ1n) is 5.41. The number of aromatic nitrogens is 2. The first-order valence-corrected chi connectivity index (χ1v) is 5.79. The van der Waals surface area contributed by atoms with Crippen LogP contribution in [0.25, 0.3) is 0 Å². The Balaban J connectivity index is 3.22. The van der Waals surface area contributed by atoms with Crippen LogP contribution in [0.5, 0.6) is 0 Å². The van der Waals surface area contributed by atoms with Gasteiger partial charge in [0.15, 0.2) is 0 Å². The predicted octanol–water partition coefficient (Wildman–Crippen LogP) is 2.36. The molecule has 16 heavy (non-hydrogen) atoms. The highest BCUT2D eigenvalue weighted by atomic mass is 35.5. The Labute approximate surface area is 101 Å². The molecule has 92 valence electrons. The highest BCUT2D eigenvalue weighted by Gasteiger charge is 2.34. The van der Waals surface area contributed by atoms with Gasteiger partial charge in [-0.1, -0.05) is 18.5 Å². The molecule has 0 radical (unpaired) electrons. The lowest BCUT2D eigenvalue weighted by Gasteiger charge is -2.28. The van der Waals surface area contributed by atoms with Crippen LogP contribution < -0.4 is 0 Å². The summed E-state index contributed by atoms with van der Waals surface area (Å²) in [5.41, 5.74) is -0.444.